The molecule has 3 aliphatic heterocycles. The van der Waals surface area contributed by atoms with E-state index in [2.05, 4.69) is 0 Å². The van der Waals surface area contributed by atoms with Crippen molar-refractivity contribution in [1.29, 1.82) is 0 Å². The van der Waals surface area contributed by atoms with Crippen LogP contribution in [0.2, 0.25) is 0 Å². The number of hydrogen-bond donors (Lipinski definition) is 0. The Hall–Kier alpha value is -0.0900. The Labute approximate surface area is 54.7 Å². The minimum Gasteiger partial charge on any atom is -0.212 e. The van der Waals surface area contributed by atoms with E-state index in [0.29, 0.717) is 0 Å². The molecule has 0 spiro atoms. The molecule has 9 heavy (non-hydrogen) atoms. The molecular formula is C5H9NO2S. The molecular weight excluding hydrogens is 138 g/mol. The van der Waals surface area contributed by atoms with E-state index < -0.39 is 10.0 Å². The Morgan fingerprint density at radius 2 is 2.22 bits per heavy atom. The Morgan fingerprint density at radius 1 is 1.44 bits per heavy atom. The lowest BCUT2D eigenvalue weighted by atomic mass is 10.1. The van der Waals surface area contributed by atoms with Gasteiger partial charge in [-0.1, -0.05) is 0 Å². The molecule has 2 bridgehead atoms. The van der Waals surface area contributed by atoms with Crippen LogP contribution in [-0.4, -0.2) is 31.1 Å². The van der Waals surface area contributed by atoms with Crippen molar-refractivity contribution in [3.05, 3.63) is 0 Å². The minimum absolute atomic E-state index is 0.00810. The van der Waals surface area contributed by atoms with Gasteiger partial charge in [-0.3, -0.25) is 0 Å². The molecule has 4 heteroatoms. The highest BCUT2D eigenvalue weighted by Gasteiger charge is 2.46. The second-order valence-electron chi connectivity index (χ2n) is 2.67. The topological polar surface area (TPSA) is 37.4 Å². The molecule has 0 radical (unpaired) electrons. The van der Waals surface area contributed by atoms with Crippen LogP contribution in [0.5, 0.6) is 0 Å². The van der Waals surface area contributed by atoms with Gasteiger partial charge in [0.25, 0.3) is 0 Å². The first-order valence-electron chi connectivity index (χ1n) is 3.20. The molecule has 0 aliphatic carbocycles. The summed E-state index contributed by atoms with van der Waals surface area (Å²) in [6.45, 7) is 1.56. The third-order valence-corrected chi connectivity index (χ3v) is 4.40. The van der Waals surface area contributed by atoms with Crippen LogP contribution >= 0.6 is 0 Å². The van der Waals surface area contributed by atoms with E-state index >= 15 is 0 Å². The maximum atomic E-state index is 11.0. The lowest BCUT2D eigenvalue weighted by Gasteiger charge is -2.42. The van der Waals surface area contributed by atoms with Crippen LogP contribution in [0.4, 0.5) is 0 Å². The van der Waals surface area contributed by atoms with Crippen molar-refractivity contribution in [2.45, 2.75) is 18.1 Å². The molecule has 0 N–H and O–H groups in total. The number of hydrogen-bond acceptors (Lipinski definition) is 2. The summed E-state index contributed by atoms with van der Waals surface area (Å²) in [6.07, 6.45) is 1.95. The Morgan fingerprint density at radius 3 is 2.44 bits per heavy atom. The third kappa shape index (κ3) is 0.576. The van der Waals surface area contributed by atoms with Gasteiger partial charge in [-0.15, -0.1) is 0 Å². The second kappa shape index (κ2) is 1.49. The summed E-state index contributed by atoms with van der Waals surface area (Å²) in [5.41, 5.74) is 0. The zero-order valence-corrected chi connectivity index (χ0v) is 5.89. The quantitative estimate of drug-likeness (QED) is 0.475. The summed E-state index contributed by atoms with van der Waals surface area (Å²) >= 11 is 0. The number of fused-ring (bicyclic) bond motifs is 2. The fourth-order valence-electron chi connectivity index (χ4n) is 1.51. The van der Waals surface area contributed by atoms with Gasteiger partial charge < -0.3 is 0 Å². The Kier molecular flexibility index (Phi) is 0.941. The highest BCUT2D eigenvalue weighted by atomic mass is 32.2. The van der Waals surface area contributed by atoms with Crippen LogP contribution in [0.3, 0.4) is 0 Å². The molecule has 3 heterocycles. The molecule has 0 aromatic rings. The van der Waals surface area contributed by atoms with Gasteiger partial charge in [-0.25, -0.2) is 12.7 Å². The lowest BCUT2D eigenvalue weighted by molar-refractivity contribution is 0.282. The fraction of sp³-hybridized carbons (Fsp3) is 1.00. The fourth-order valence-corrected chi connectivity index (χ4v) is 3.27. The van der Waals surface area contributed by atoms with Crippen LogP contribution in [0.1, 0.15) is 12.8 Å². The van der Waals surface area contributed by atoms with Gasteiger partial charge in [-0.2, -0.15) is 0 Å². The second-order valence-corrected chi connectivity index (χ2v) is 4.88. The molecule has 3 nitrogen and oxygen atoms in total. The van der Waals surface area contributed by atoms with E-state index in [9.17, 15) is 8.42 Å². The molecule has 2 unspecified atom stereocenters. The third-order valence-electron chi connectivity index (χ3n) is 2.12. The highest BCUT2D eigenvalue weighted by molar-refractivity contribution is 7.91. The van der Waals surface area contributed by atoms with Gasteiger partial charge in [-0.05, 0) is 12.8 Å². The van der Waals surface area contributed by atoms with Gasteiger partial charge in [0.15, 0.2) is 0 Å². The summed E-state index contributed by atoms with van der Waals surface area (Å²) in [4.78, 5) is 0. The van der Waals surface area contributed by atoms with E-state index in [-0.39, 0.29) is 5.25 Å². The first kappa shape index (κ1) is 5.68. The molecule has 2 atom stereocenters. The molecule has 3 aliphatic rings. The first-order chi connectivity index (χ1) is 4.21. The van der Waals surface area contributed by atoms with Crippen molar-refractivity contribution >= 4 is 10.0 Å². The molecule has 0 amide bonds. The van der Waals surface area contributed by atoms with Crippen LogP contribution in [-0.2, 0) is 10.0 Å². The molecule has 0 saturated carbocycles. The van der Waals surface area contributed by atoms with Crippen molar-refractivity contribution in [2.75, 3.05) is 13.1 Å². The lowest BCUT2D eigenvalue weighted by Crippen LogP contribution is -2.59. The van der Waals surface area contributed by atoms with Gasteiger partial charge in [0, 0.05) is 13.1 Å². The average molecular weight is 147 g/mol. The highest BCUT2D eigenvalue weighted by Crippen LogP contribution is 2.31. The van der Waals surface area contributed by atoms with Crippen molar-refractivity contribution in [3.8, 4) is 0 Å². The average Bonchev–Trinajstić information content (AvgIpc) is 1.89. The summed E-state index contributed by atoms with van der Waals surface area (Å²) in [5, 5.41) is -0.00810. The molecule has 3 fully saturated rings. The van der Waals surface area contributed by atoms with Crippen LogP contribution in [0.15, 0.2) is 0 Å². The van der Waals surface area contributed by atoms with E-state index in [1.165, 1.54) is 0 Å². The largest absolute Gasteiger partial charge is 0.218 e. The summed E-state index contributed by atoms with van der Waals surface area (Å²) in [7, 11) is -2.73. The van der Waals surface area contributed by atoms with Gasteiger partial charge in [0.05, 0.1) is 5.25 Å². The van der Waals surface area contributed by atoms with E-state index in [1.54, 1.807) is 4.31 Å². The first-order valence-corrected chi connectivity index (χ1v) is 4.70. The molecule has 3 rings (SSSR count). The number of rotatable bonds is 0. The predicted octanol–water partition coefficient (Wildman–Crippen LogP) is -0.206. The minimum atomic E-state index is -2.73. The maximum absolute atomic E-state index is 11.0. The van der Waals surface area contributed by atoms with E-state index in [4.69, 9.17) is 0 Å². The standard InChI is InChI=1S/C5H9NO2S/c7-9(8)5-2-1-3-6(9)4-5/h5H,1-4H2. The van der Waals surface area contributed by atoms with Crippen LogP contribution < -0.4 is 0 Å². The Balaban J connectivity index is 2.33. The summed E-state index contributed by atoms with van der Waals surface area (Å²) < 4.78 is 23.5. The normalized spacial score (nSPS) is 45.8. The van der Waals surface area contributed by atoms with Crippen molar-refractivity contribution in [3.63, 3.8) is 0 Å². The molecule has 3 saturated heterocycles. The van der Waals surface area contributed by atoms with Gasteiger partial charge >= 0.3 is 0 Å². The van der Waals surface area contributed by atoms with Crippen molar-refractivity contribution in [1.82, 2.24) is 4.31 Å². The van der Waals surface area contributed by atoms with Crippen molar-refractivity contribution < 1.29 is 8.42 Å². The SMILES string of the molecule is O=S1(=O)C2CCCN1C2. The monoisotopic (exact) mass is 147 g/mol. The maximum Gasteiger partial charge on any atom is 0.218 e. The predicted molar refractivity (Wildman–Crippen MR) is 33.5 cm³/mol. The van der Waals surface area contributed by atoms with E-state index in [0.717, 1.165) is 25.9 Å². The zero-order valence-electron chi connectivity index (χ0n) is 5.08. The molecule has 0 aromatic carbocycles. The van der Waals surface area contributed by atoms with Gasteiger partial charge in [0.1, 0.15) is 0 Å². The van der Waals surface area contributed by atoms with Crippen LogP contribution in [0.25, 0.3) is 0 Å². The molecule has 52 valence electrons. The summed E-state index contributed by atoms with van der Waals surface area (Å²) in [5.74, 6) is 0. The molecule has 0 aromatic heterocycles. The summed E-state index contributed by atoms with van der Waals surface area (Å²) in [6, 6.07) is 0. The number of piperidine rings is 1. The number of sulfonamides is 1. The smallest absolute Gasteiger partial charge is 0.212 e. The Bertz CT molecular complexity index is 201. The van der Waals surface area contributed by atoms with Crippen molar-refractivity contribution in [2.24, 2.45) is 0 Å². The zero-order chi connectivity index (χ0) is 6.48. The van der Waals surface area contributed by atoms with Crippen LogP contribution in [0, 0.1) is 0 Å². The van der Waals surface area contributed by atoms with Gasteiger partial charge in [0.2, 0.25) is 10.0 Å². The number of nitrogens with zero attached hydrogens (tertiary/aromatic N) is 1. The van der Waals surface area contributed by atoms with E-state index in [1.807, 2.05) is 0 Å².